The molecule has 0 unspecified atom stereocenters. The summed E-state index contributed by atoms with van der Waals surface area (Å²) in [4.78, 5) is 12.3. The SMILES string of the molecule is CC[C@H](Oc1ccc(N(C)S(C)(=O)=O)cc1)C(=O)NCCCOC1CCCC1. The van der Waals surface area contributed by atoms with Gasteiger partial charge in [0.05, 0.1) is 18.0 Å². The van der Waals surface area contributed by atoms with Crippen LogP contribution in [0.1, 0.15) is 45.4 Å². The van der Waals surface area contributed by atoms with E-state index >= 15 is 0 Å². The summed E-state index contributed by atoms with van der Waals surface area (Å²) in [6, 6.07) is 6.65. The molecule has 1 amide bonds. The van der Waals surface area contributed by atoms with Crippen LogP contribution in [0.5, 0.6) is 5.75 Å². The number of hydrogen-bond acceptors (Lipinski definition) is 5. The zero-order chi connectivity index (χ0) is 20.6. The Morgan fingerprint density at radius 3 is 2.46 bits per heavy atom. The highest BCUT2D eigenvalue weighted by atomic mass is 32.2. The standard InChI is InChI=1S/C20H32N2O5S/c1-4-19(20(23)21-14-7-15-26-17-8-5-6-9-17)27-18-12-10-16(11-13-18)22(2)28(3,24)25/h10-13,17,19H,4-9,14-15H2,1-3H3,(H,21,23)/t19-/m0/s1. The summed E-state index contributed by atoms with van der Waals surface area (Å²) in [5, 5.41) is 2.90. The molecule has 1 aromatic carbocycles. The van der Waals surface area contributed by atoms with Crippen molar-refractivity contribution >= 4 is 21.6 Å². The van der Waals surface area contributed by atoms with Crippen molar-refractivity contribution in [3.8, 4) is 5.75 Å². The minimum absolute atomic E-state index is 0.152. The van der Waals surface area contributed by atoms with Gasteiger partial charge in [0.2, 0.25) is 10.0 Å². The molecule has 1 atom stereocenters. The van der Waals surface area contributed by atoms with Crippen molar-refractivity contribution in [2.75, 3.05) is 30.8 Å². The Morgan fingerprint density at radius 2 is 1.89 bits per heavy atom. The molecule has 0 saturated heterocycles. The van der Waals surface area contributed by atoms with Crippen LogP contribution in [0.4, 0.5) is 5.69 Å². The summed E-state index contributed by atoms with van der Waals surface area (Å²) < 4.78 is 35.9. The number of nitrogens with one attached hydrogen (secondary N) is 1. The fourth-order valence-corrected chi connectivity index (χ4v) is 3.62. The van der Waals surface area contributed by atoms with Crippen LogP contribution in [0, 0.1) is 0 Å². The number of amides is 1. The smallest absolute Gasteiger partial charge is 0.261 e. The Hall–Kier alpha value is -1.80. The van der Waals surface area contributed by atoms with Crippen LogP contribution in [-0.4, -0.2) is 53.0 Å². The Balaban J connectivity index is 1.76. The topological polar surface area (TPSA) is 84.9 Å². The van der Waals surface area contributed by atoms with E-state index in [1.54, 1.807) is 24.3 Å². The molecule has 8 heteroatoms. The molecule has 0 bridgehead atoms. The van der Waals surface area contributed by atoms with Crippen LogP contribution in [0.3, 0.4) is 0 Å². The second-order valence-electron chi connectivity index (χ2n) is 7.16. The molecule has 2 rings (SSSR count). The van der Waals surface area contributed by atoms with E-state index in [1.807, 2.05) is 6.92 Å². The van der Waals surface area contributed by atoms with Gasteiger partial charge in [-0.3, -0.25) is 9.10 Å². The lowest BCUT2D eigenvalue weighted by molar-refractivity contribution is -0.128. The molecule has 0 radical (unpaired) electrons. The Labute approximate surface area is 168 Å². The van der Waals surface area contributed by atoms with Crippen LogP contribution >= 0.6 is 0 Å². The summed E-state index contributed by atoms with van der Waals surface area (Å²) in [5.74, 6) is 0.373. The predicted molar refractivity (Wildman–Crippen MR) is 110 cm³/mol. The number of carbonyl (C=O) groups excluding carboxylic acids is 1. The molecule has 7 nitrogen and oxygen atoms in total. The number of carbonyl (C=O) groups is 1. The first-order valence-electron chi connectivity index (χ1n) is 9.91. The van der Waals surface area contributed by atoms with Gasteiger partial charge in [-0.25, -0.2) is 8.42 Å². The van der Waals surface area contributed by atoms with Crippen molar-refractivity contribution in [1.29, 1.82) is 0 Å². The molecule has 1 aromatic rings. The zero-order valence-electron chi connectivity index (χ0n) is 17.0. The third-order valence-corrected chi connectivity index (χ3v) is 6.12. The highest BCUT2D eigenvalue weighted by Gasteiger charge is 2.19. The number of rotatable bonds is 11. The molecule has 28 heavy (non-hydrogen) atoms. The van der Waals surface area contributed by atoms with Crippen LogP contribution in [0.15, 0.2) is 24.3 Å². The van der Waals surface area contributed by atoms with E-state index in [9.17, 15) is 13.2 Å². The average molecular weight is 413 g/mol. The molecule has 0 aromatic heterocycles. The van der Waals surface area contributed by atoms with Gasteiger partial charge in [0, 0.05) is 20.2 Å². The normalized spacial score (nSPS) is 16.0. The number of sulfonamides is 1. The van der Waals surface area contributed by atoms with Crippen molar-refractivity contribution in [3.05, 3.63) is 24.3 Å². The van der Waals surface area contributed by atoms with E-state index in [-0.39, 0.29) is 5.91 Å². The van der Waals surface area contributed by atoms with Crippen molar-refractivity contribution in [2.24, 2.45) is 0 Å². The summed E-state index contributed by atoms with van der Waals surface area (Å²) >= 11 is 0. The Bertz CT molecular complexity index is 715. The van der Waals surface area contributed by atoms with Crippen LogP contribution in [-0.2, 0) is 19.6 Å². The van der Waals surface area contributed by atoms with Gasteiger partial charge in [0.1, 0.15) is 5.75 Å². The maximum absolute atomic E-state index is 12.3. The molecule has 1 fully saturated rings. The average Bonchev–Trinajstić information content (AvgIpc) is 3.18. The first-order valence-corrected chi connectivity index (χ1v) is 11.8. The third kappa shape index (κ3) is 6.98. The van der Waals surface area contributed by atoms with E-state index in [1.165, 1.54) is 24.2 Å². The van der Waals surface area contributed by atoms with Gasteiger partial charge in [0.15, 0.2) is 6.10 Å². The van der Waals surface area contributed by atoms with Gasteiger partial charge >= 0.3 is 0 Å². The number of ether oxygens (including phenoxy) is 2. The molecule has 1 saturated carbocycles. The molecular weight excluding hydrogens is 380 g/mol. The number of nitrogens with zero attached hydrogens (tertiary/aromatic N) is 1. The number of hydrogen-bond donors (Lipinski definition) is 1. The van der Waals surface area contributed by atoms with E-state index in [4.69, 9.17) is 9.47 Å². The van der Waals surface area contributed by atoms with Crippen molar-refractivity contribution in [1.82, 2.24) is 5.32 Å². The maximum atomic E-state index is 12.3. The molecule has 0 aliphatic heterocycles. The number of anilines is 1. The largest absolute Gasteiger partial charge is 0.481 e. The quantitative estimate of drug-likeness (QED) is 0.565. The van der Waals surface area contributed by atoms with Crippen molar-refractivity contribution < 1.29 is 22.7 Å². The van der Waals surface area contributed by atoms with Crippen LogP contribution < -0.4 is 14.4 Å². The van der Waals surface area contributed by atoms with E-state index < -0.39 is 16.1 Å². The molecule has 0 heterocycles. The zero-order valence-corrected chi connectivity index (χ0v) is 17.8. The summed E-state index contributed by atoms with van der Waals surface area (Å²) in [5.41, 5.74) is 0.537. The second-order valence-corrected chi connectivity index (χ2v) is 9.17. The third-order valence-electron chi connectivity index (χ3n) is 4.92. The van der Waals surface area contributed by atoms with Crippen LogP contribution in [0.2, 0.25) is 0 Å². The van der Waals surface area contributed by atoms with Gasteiger partial charge in [-0.05, 0) is 49.9 Å². The van der Waals surface area contributed by atoms with Gasteiger partial charge in [-0.2, -0.15) is 0 Å². The van der Waals surface area contributed by atoms with Gasteiger partial charge in [-0.1, -0.05) is 19.8 Å². The summed E-state index contributed by atoms with van der Waals surface area (Å²) in [6.07, 6.45) is 7.08. The fourth-order valence-electron chi connectivity index (χ4n) is 3.12. The number of benzene rings is 1. The first-order chi connectivity index (χ1) is 13.3. The summed E-state index contributed by atoms with van der Waals surface area (Å²) in [7, 11) is -1.82. The highest BCUT2D eigenvalue weighted by molar-refractivity contribution is 7.92. The first kappa shape index (κ1) is 22.5. The lowest BCUT2D eigenvalue weighted by atomic mass is 10.2. The maximum Gasteiger partial charge on any atom is 0.261 e. The molecule has 1 aliphatic rings. The minimum atomic E-state index is -3.31. The highest BCUT2D eigenvalue weighted by Crippen LogP contribution is 2.22. The molecule has 1 aliphatic carbocycles. The molecule has 0 spiro atoms. The van der Waals surface area contributed by atoms with Crippen molar-refractivity contribution in [3.63, 3.8) is 0 Å². The Morgan fingerprint density at radius 1 is 1.25 bits per heavy atom. The Kier molecular flexibility index (Phi) is 8.57. The monoisotopic (exact) mass is 412 g/mol. The lowest BCUT2D eigenvalue weighted by Gasteiger charge is -2.19. The fraction of sp³-hybridized carbons (Fsp3) is 0.650. The van der Waals surface area contributed by atoms with E-state index in [2.05, 4.69) is 5.32 Å². The van der Waals surface area contributed by atoms with Crippen LogP contribution in [0.25, 0.3) is 0 Å². The second kappa shape index (κ2) is 10.7. The molecular formula is C20H32N2O5S. The van der Waals surface area contributed by atoms with Gasteiger partial charge in [0.25, 0.3) is 5.91 Å². The molecule has 158 valence electrons. The minimum Gasteiger partial charge on any atom is -0.481 e. The molecule has 1 N–H and O–H groups in total. The van der Waals surface area contributed by atoms with Crippen molar-refractivity contribution in [2.45, 2.75) is 57.7 Å². The van der Waals surface area contributed by atoms with E-state index in [0.717, 1.165) is 25.5 Å². The van der Waals surface area contributed by atoms with E-state index in [0.29, 0.717) is 37.1 Å². The van der Waals surface area contributed by atoms with Gasteiger partial charge < -0.3 is 14.8 Å². The summed E-state index contributed by atoms with van der Waals surface area (Å²) in [6.45, 7) is 3.11. The van der Waals surface area contributed by atoms with Gasteiger partial charge in [-0.15, -0.1) is 0 Å². The lowest BCUT2D eigenvalue weighted by Crippen LogP contribution is -2.38. The predicted octanol–water partition coefficient (Wildman–Crippen LogP) is 2.71.